The van der Waals surface area contributed by atoms with Gasteiger partial charge in [0.1, 0.15) is 5.82 Å². The molecule has 0 saturated carbocycles. The van der Waals surface area contributed by atoms with Crippen molar-refractivity contribution in [3.63, 3.8) is 0 Å². The van der Waals surface area contributed by atoms with E-state index in [-0.39, 0.29) is 35.7 Å². The molecule has 6 nitrogen and oxygen atoms in total. The van der Waals surface area contributed by atoms with Gasteiger partial charge in [-0.15, -0.1) is 24.0 Å². The van der Waals surface area contributed by atoms with Gasteiger partial charge in [-0.2, -0.15) is 0 Å². The molecule has 8 heteroatoms. The van der Waals surface area contributed by atoms with Gasteiger partial charge in [0.2, 0.25) is 0 Å². The van der Waals surface area contributed by atoms with Crippen molar-refractivity contribution in [3.8, 4) is 0 Å². The first-order chi connectivity index (χ1) is 12.9. The number of carbonyl (C=O) groups is 1. The topological polar surface area (TPSA) is 68.8 Å². The van der Waals surface area contributed by atoms with E-state index in [4.69, 9.17) is 0 Å². The van der Waals surface area contributed by atoms with E-state index >= 15 is 0 Å². The van der Waals surface area contributed by atoms with Crippen LogP contribution < -0.4 is 16.0 Å². The molecular weight excluding hydrogens is 472 g/mol. The molecule has 0 aromatic heterocycles. The lowest BCUT2D eigenvalue weighted by molar-refractivity contribution is 0.0954. The van der Waals surface area contributed by atoms with Crippen molar-refractivity contribution >= 4 is 35.8 Å². The zero-order chi connectivity index (χ0) is 19.8. The summed E-state index contributed by atoms with van der Waals surface area (Å²) in [5.74, 6) is 0.0993. The van der Waals surface area contributed by atoms with Crippen molar-refractivity contribution < 1.29 is 9.18 Å². The Hall–Kier alpha value is -1.42. The van der Waals surface area contributed by atoms with E-state index in [1.165, 1.54) is 6.07 Å². The van der Waals surface area contributed by atoms with Gasteiger partial charge in [0.25, 0.3) is 5.91 Å². The van der Waals surface area contributed by atoms with Crippen molar-refractivity contribution in [2.24, 2.45) is 4.99 Å². The molecule has 1 aliphatic heterocycles. The number of likely N-dealkylation sites (tertiary alicyclic amines) is 1. The molecule has 1 aromatic rings. The Labute approximate surface area is 184 Å². The molecule has 1 fully saturated rings. The molecule has 0 bridgehead atoms. The number of hydrogen-bond donors (Lipinski definition) is 3. The molecule has 0 radical (unpaired) electrons. The average molecular weight is 505 g/mol. The lowest BCUT2D eigenvalue weighted by Crippen LogP contribution is -2.50. The fourth-order valence-electron chi connectivity index (χ4n) is 3.14. The van der Waals surface area contributed by atoms with Gasteiger partial charge in [0.15, 0.2) is 5.96 Å². The molecule has 1 amide bonds. The lowest BCUT2D eigenvalue weighted by Gasteiger charge is -2.35. The Kier molecular flexibility index (Phi) is 10.7. The molecule has 2 rings (SSSR count). The highest BCUT2D eigenvalue weighted by Crippen LogP contribution is 2.12. The highest BCUT2D eigenvalue weighted by Gasteiger charge is 2.21. The summed E-state index contributed by atoms with van der Waals surface area (Å²) in [7, 11) is 1.74. The van der Waals surface area contributed by atoms with E-state index in [1.807, 2.05) is 0 Å². The van der Waals surface area contributed by atoms with E-state index in [9.17, 15) is 9.18 Å². The van der Waals surface area contributed by atoms with Crippen LogP contribution in [0.3, 0.4) is 0 Å². The monoisotopic (exact) mass is 505 g/mol. The highest BCUT2D eigenvalue weighted by molar-refractivity contribution is 14.0. The molecule has 0 spiro atoms. The van der Waals surface area contributed by atoms with Gasteiger partial charge in [-0.1, -0.05) is 6.07 Å². The molecule has 28 heavy (non-hydrogen) atoms. The Morgan fingerprint density at radius 3 is 2.46 bits per heavy atom. The van der Waals surface area contributed by atoms with Crippen LogP contribution in [-0.2, 0) is 0 Å². The average Bonchev–Trinajstić information content (AvgIpc) is 2.66. The number of hydrogen-bond acceptors (Lipinski definition) is 3. The summed E-state index contributed by atoms with van der Waals surface area (Å²) in [6.45, 7) is 9.30. The van der Waals surface area contributed by atoms with Crippen molar-refractivity contribution in [2.75, 3.05) is 33.2 Å². The van der Waals surface area contributed by atoms with Gasteiger partial charge in [0, 0.05) is 50.9 Å². The number of nitrogens with zero attached hydrogens (tertiary/aromatic N) is 2. The number of aryl methyl sites for hydroxylation is 1. The van der Waals surface area contributed by atoms with Crippen molar-refractivity contribution in [1.29, 1.82) is 0 Å². The summed E-state index contributed by atoms with van der Waals surface area (Å²) in [6.07, 6.45) is 2.18. The first-order valence-electron chi connectivity index (χ1n) is 9.66. The third kappa shape index (κ3) is 7.54. The molecule has 0 aliphatic carbocycles. The number of rotatable bonds is 6. The van der Waals surface area contributed by atoms with Crippen LogP contribution in [0.25, 0.3) is 0 Å². The van der Waals surface area contributed by atoms with Crippen LogP contribution in [0.15, 0.2) is 23.2 Å². The molecule has 158 valence electrons. The van der Waals surface area contributed by atoms with E-state index in [0.29, 0.717) is 36.3 Å². The standard InChI is InChI=1S/C20H32FN5O.HI/c1-14(2)26-11-7-17(8-12-26)25-20(22-4)24-10-9-23-19(27)16-6-5-15(3)18(21)13-16;/h5-6,13-14,17H,7-12H2,1-4H3,(H,23,27)(H2,22,24,25);1H. The largest absolute Gasteiger partial charge is 0.355 e. The SMILES string of the molecule is CN=C(NCCNC(=O)c1ccc(C)c(F)c1)NC1CCN(C(C)C)CC1.I. The van der Waals surface area contributed by atoms with Crippen LogP contribution in [0.4, 0.5) is 4.39 Å². The number of guanidine groups is 1. The molecule has 0 atom stereocenters. The first-order valence-corrected chi connectivity index (χ1v) is 9.66. The maximum Gasteiger partial charge on any atom is 0.251 e. The van der Waals surface area contributed by atoms with Crippen LogP contribution >= 0.6 is 24.0 Å². The smallest absolute Gasteiger partial charge is 0.251 e. The predicted molar refractivity (Wildman–Crippen MR) is 123 cm³/mol. The van der Waals surface area contributed by atoms with Crippen molar-refractivity contribution in [1.82, 2.24) is 20.9 Å². The molecule has 1 aliphatic rings. The van der Waals surface area contributed by atoms with Gasteiger partial charge in [-0.05, 0) is 51.3 Å². The predicted octanol–water partition coefficient (Wildman–Crippen LogP) is 2.52. The number of aliphatic imine (C=N–C) groups is 1. The number of halogens is 2. The second-order valence-electron chi connectivity index (χ2n) is 7.27. The van der Waals surface area contributed by atoms with E-state index in [0.717, 1.165) is 31.9 Å². The summed E-state index contributed by atoms with van der Waals surface area (Å²) in [4.78, 5) is 18.8. The highest BCUT2D eigenvalue weighted by atomic mass is 127. The minimum atomic E-state index is -0.367. The van der Waals surface area contributed by atoms with Crippen molar-refractivity contribution in [2.45, 2.75) is 45.7 Å². The minimum Gasteiger partial charge on any atom is -0.355 e. The van der Waals surface area contributed by atoms with Crippen molar-refractivity contribution in [3.05, 3.63) is 35.1 Å². The van der Waals surface area contributed by atoms with Gasteiger partial charge in [-0.3, -0.25) is 9.79 Å². The number of nitrogens with one attached hydrogen (secondary N) is 3. The molecule has 1 saturated heterocycles. The van der Waals surface area contributed by atoms with Gasteiger partial charge in [0.05, 0.1) is 0 Å². The van der Waals surface area contributed by atoms with E-state index in [1.54, 1.807) is 26.1 Å². The third-order valence-corrected chi connectivity index (χ3v) is 4.96. The van der Waals surface area contributed by atoms with Crippen LogP contribution in [0.1, 0.15) is 42.6 Å². The van der Waals surface area contributed by atoms with Gasteiger partial charge < -0.3 is 20.9 Å². The number of carbonyl (C=O) groups excluding carboxylic acids is 1. The molecule has 1 heterocycles. The Bertz CT molecular complexity index is 660. The molecule has 3 N–H and O–H groups in total. The summed E-state index contributed by atoms with van der Waals surface area (Å²) >= 11 is 0. The maximum absolute atomic E-state index is 13.6. The zero-order valence-corrected chi connectivity index (χ0v) is 19.5. The lowest BCUT2D eigenvalue weighted by atomic mass is 10.0. The van der Waals surface area contributed by atoms with Gasteiger partial charge in [-0.25, -0.2) is 4.39 Å². The van der Waals surface area contributed by atoms with Crippen LogP contribution in [0, 0.1) is 12.7 Å². The maximum atomic E-state index is 13.6. The molecular formula is C20H33FIN5O. The fourth-order valence-corrected chi connectivity index (χ4v) is 3.14. The third-order valence-electron chi connectivity index (χ3n) is 4.96. The quantitative estimate of drug-likeness (QED) is 0.241. The minimum absolute atomic E-state index is 0. The van der Waals surface area contributed by atoms with E-state index in [2.05, 4.69) is 39.7 Å². The number of piperidine rings is 1. The van der Waals surface area contributed by atoms with Crippen LogP contribution in [0.2, 0.25) is 0 Å². The zero-order valence-electron chi connectivity index (χ0n) is 17.2. The Morgan fingerprint density at radius 2 is 1.89 bits per heavy atom. The normalized spacial score (nSPS) is 15.9. The Balaban J connectivity index is 0.00000392. The fraction of sp³-hybridized carbons (Fsp3) is 0.600. The van der Waals surface area contributed by atoms with Gasteiger partial charge >= 0.3 is 0 Å². The molecule has 1 aromatic carbocycles. The summed E-state index contributed by atoms with van der Waals surface area (Å²) < 4.78 is 13.6. The second kappa shape index (κ2) is 12.2. The van der Waals surface area contributed by atoms with Crippen LogP contribution in [0.5, 0.6) is 0 Å². The number of amides is 1. The summed E-state index contributed by atoms with van der Waals surface area (Å²) in [5.41, 5.74) is 0.861. The second-order valence-corrected chi connectivity index (χ2v) is 7.27. The van der Waals surface area contributed by atoms with E-state index < -0.39 is 0 Å². The Morgan fingerprint density at radius 1 is 1.25 bits per heavy atom. The summed E-state index contributed by atoms with van der Waals surface area (Å²) in [6, 6.07) is 5.51. The summed E-state index contributed by atoms with van der Waals surface area (Å²) in [5, 5.41) is 9.45. The van der Waals surface area contributed by atoms with Crippen LogP contribution in [-0.4, -0.2) is 62.1 Å². The molecule has 0 unspecified atom stereocenters. The number of benzene rings is 1. The first kappa shape index (κ1) is 24.6.